The normalized spacial score (nSPS) is 10.8. The van der Waals surface area contributed by atoms with Crippen LogP contribution in [0.4, 0.5) is 0 Å². The van der Waals surface area contributed by atoms with Crippen LogP contribution in [0.25, 0.3) is 5.52 Å². The van der Waals surface area contributed by atoms with Gasteiger partial charge in [-0.1, -0.05) is 11.6 Å². The predicted molar refractivity (Wildman–Crippen MR) is 56.3 cm³/mol. The first-order valence-corrected chi connectivity index (χ1v) is 4.81. The summed E-state index contributed by atoms with van der Waals surface area (Å²) in [7, 11) is 0. The van der Waals surface area contributed by atoms with Crippen molar-refractivity contribution in [2.45, 2.75) is 13.3 Å². The van der Waals surface area contributed by atoms with Crippen LogP contribution in [0, 0.1) is 6.92 Å². The maximum Gasteiger partial charge on any atom is 0.309 e. The number of rotatable bonds is 2. The van der Waals surface area contributed by atoms with Crippen LogP contribution in [0.2, 0.25) is 5.02 Å². The molecule has 0 saturated carbocycles. The highest BCUT2D eigenvalue weighted by atomic mass is 35.5. The maximum atomic E-state index is 10.6. The number of aliphatic carboxylic acids is 1. The standard InChI is InChI=1S/C10H9ClN2O2/c1-6-12-8(5-9(14)15)10-7(11)3-2-4-13(6)10/h2-4H,5H2,1H3,(H,14,15). The molecule has 5 heteroatoms. The SMILES string of the molecule is Cc1nc(CC(=O)O)c2c(Cl)cccn12. The third kappa shape index (κ3) is 1.68. The minimum Gasteiger partial charge on any atom is -0.481 e. The molecule has 0 bridgehead atoms. The van der Waals surface area contributed by atoms with Crippen LogP contribution in [0.15, 0.2) is 18.3 Å². The van der Waals surface area contributed by atoms with Gasteiger partial charge >= 0.3 is 5.97 Å². The number of halogens is 1. The summed E-state index contributed by atoms with van der Waals surface area (Å²) in [5.41, 5.74) is 1.18. The number of nitrogens with zero attached hydrogens (tertiary/aromatic N) is 2. The van der Waals surface area contributed by atoms with Crippen LogP contribution >= 0.6 is 11.6 Å². The van der Waals surface area contributed by atoms with Crippen LogP contribution in [-0.2, 0) is 11.2 Å². The number of aryl methyl sites for hydroxylation is 1. The van der Waals surface area contributed by atoms with Crippen molar-refractivity contribution in [2.75, 3.05) is 0 Å². The fourth-order valence-electron chi connectivity index (χ4n) is 1.60. The Kier molecular flexibility index (Phi) is 2.36. The molecular formula is C10H9ClN2O2. The Hall–Kier alpha value is -1.55. The molecule has 2 aromatic rings. The smallest absolute Gasteiger partial charge is 0.309 e. The summed E-state index contributed by atoms with van der Waals surface area (Å²) < 4.78 is 1.79. The molecule has 0 aliphatic heterocycles. The summed E-state index contributed by atoms with van der Waals surface area (Å²) in [6.07, 6.45) is 1.70. The Morgan fingerprint density at radius 2 is 2.40 bits per heavy atom. The van der Waals surface area contributed by atoms with E-state index in [9.17, 15) is 4.79 Å². The minimum absolute atomic E-state index is 0.110. The lowest BCUT2D eigenvalue weighted by Gasteiger charge is -1.98. The molecule has 0 amide bonds. The van der Waals surface area contributed by atoms with Gasteiger partial charge < -0.3 is 9.51 Å². The highest BCUT2D eigenvalue weighted by molar-refractivity contribution is 6.34. The summed E-state index contributed by atoms with van der Waals surface area (Å²) in [5, 5.41) is 9.26. The molecule has 0 atom stereocenters. The molecule has 2 aromatic heterocycles. The van der Waals surface area contributed by atoms with E-state index in [1.165, 1.54) is 0 Å². The molecule has 0 fully saturated rings. The van der Waals surface area contributed by atoms with Gasteiger partial charge in [-0.2, -0.15) is 0 Å². The molecule has 0 aromatic carbocycles. The van der Waals surface area contributed by atoms with Gasteiger partial charge in [-0.15, -0.1) is 0 Å². The number of aromatic nitrogens is 2. The number of carboxylic acid groups (broad SMARTS) is 1. The Bertz CT molecular complexity index is 533. The molecule has 2 rings (SSSR count). The van der Waals surface area contributed by atoms with E-state index in [1.54, 1.807) is 16.5 Å². The van der Waals surface area contributed by atoms with Gasteiger partial charge in [-0.05, 0) is 19.1 Å². The summed E-state index contributed by atoms with van der Waals surface area (Å²) in [4.78, 5) is 14.8. The molecular weight excluding hydrogens is 216 g/mol. The molecule has 0 aliphatic carbocycles. The van der Waals surface area contributed by atoms with Crippen molar-refractivity contribution in [1.29, 1.82) is 0 Å². The van der Waals surface area contributed by atoms with Crippen LogP contribution in [0.5, 0.6) is 0 Å². The number of fused-ring (bicyclic) bond motifs is 1. The number of hydrogen-bond acceptors (Lipinski definition) is 2. The summed E-state index contributed by atoms with van der Waals surface area (Å²) >= 11 is 6.01. The van der Waals surface area contributed by atoms with Gasteiger partial charge in [0.1, 0.15) is 5.82 Å². The third-order valence-electron chi connectivity index (χ3n) is 2.18. The lowest BCUT2D eigenvalue weighted by molar-refractivity contribution is -0.136. The second-order valence-electron chi connectivity index (χ2n) is 3.25. The van der Waals surface area contributed by atoms with Crippen LogP contribution < -0.4 is 0 Å². The van der Waals surface area contributed by atoms with E-state index in [4.69, 9.17) is 16.7 Å². The summed E-state index contributed by atoms with van der Waals surface area (Å²) in [6.45, 7) is 1.81. The van der Waals surface area contributed by atoms with E-state index < -0.39 is 5.97 Å². The Morgan fingerprint density at radius 1 is 1.67 bits per heavy atom. The molecule has 0 aliphatic rings. The fourth-order valence-corrected chi connectivity index (χ4v) is 1.87. The second-order valence-corrected chi connectivity index (χ2v) is 3.66. The molecule has 0 spiro atoms. The predicted octanol–water partition coefficient (Wildman–Crippen LogP) is 1.92. The third-order valence-corrected chi connectivity index (χ3v) is 2.49. The molecule has 15 heavy (non-hydrogen) atoms. The zero-order chi connectivity index (χ0) is 11.0. The van der Waals surface area contributed by atoms with E-state index in [2.05, 4.69) is 4.98 Å². The monoisotopic (exact) mass is 224 g/mol. The van der Waals surface area contributed by atoms with E-state index in [0.717, 1.165) is 5.82 Å². The van der Waals surface area contributed by atoms with Crippen molar-refractivity contribution >= 4 is 23.1 Å². The van der Waals surface area contributed by atoms with Gasteiger partial charge in [0.15, 0.2) is 0 Å². The lowest BCUT2D eigenvalue weighted by atomic mass is 10.2. The first-order chi connectivity index (χ1) is 7.09. The summed E-state index contributed by atoms with van der Waals surface area (Å²) in [5.74, 6) is -0.168. The number of carboxylic acids is 1. The minimum atomic E-state index is -0.907. The van der Waals surface area contributed by atoms with E-state index in [0.29, 0.717) is 16.2 Å². The molecule has 4 nitrogen and oxygen atoms in total. The Balaban J connectivity index is 2.70. The van der Waals surface area contributed by atoms with Gasteiger partial charge in [0.05, 0.1) is 22.7 Å². The highest BCUT2D eigenvalue weighted by Crippen LogP contribution is 2.22. The number of carbonyl (C=O) groups is 1. The molecule has 0 saturated heterocycles. The zero-order valence-electron chi connectivity index (χ0n) is 8.07. The van der Waals surface area contributed by atoms with Gasteiger partial charge in [0.2, 0.25) is 0 Å². The van der Waals surface area contributed by atoms with E-state index >= 15 is 0 Å². The van der Waals surface area contributed by atoms with Crippen molar-refractivity contribution in [1.82, 2.24) is 9.38 Å². The van der Waals surface area contributed by atoms with Gasteiger partial charge in [-0.25, -0.2) is 4.98 Å². The van der Waals surface area contributed by atoms with Crippen molar-refractivity contribution in [2.24, 2.45) is 0 Å². The Labute approximate surface area is 91.1 Å². The van der Waals surface area contributed by atoms with Crippen molar-refractivity contribution < 1.29 is 9.90 Å². The largest absolute Gasteiger partial charge is 0.481 e. The molecule has 0 unspecified atom stereocenters. The topological polar surface area (TPSA) is 54.6 Å². The average Bonchev–Trinajstić information content (AvgIpc) is 2.44. The van der Waals surface area contributed by atoms with Crippen molar-refractivity contribution in [3.05, 3.63) is 34.9 Å². The van der Waals surface area contributed by atoms with Gasteiger partial charge in [0.25, 0.3) is 0 Å². The summed E-state index contributed by atoms with van der Waals surface area (Å²) in [6, 6.07) is 3.53. The van der Waals surface area contributed by atoms with Crippen LogP contribution in [0.3, 0.4) is 0 Å². The highest BCUT2D eigenvalue weighted by Gasteiger charge is 2.13. The van der Waals surface area contributed by atoms with Crippen molar-refractivity contribution in [3.8, 4) is 0 Å². The first kappa shape index (κ1) is 9.98. The quantitative estimate of drug-likeness (QED) is 0.848. The van der Waals surface area contributed by atoms with Crippen LogP contribution in [0.1, 0.15) is 11.5 Å². The molecule has 0 radical (unpaired) electrons. The number of imidazole rings is 1. The Morgan fingerprint density at radius 3 is 3.07 bits per heavy atom. The molecule has 78 valence electrons. The number of hydrogen-bond donors (Lipinski definition) is 1. The second kappa shape index (κ2) is 3.55. The maximum absolute atomic E-state index is 10.6. The van der Waals surface area contributed by atoms with Crippen LogP contribution in [-0.4, -0.2) is 20.5 Å². The van der Waals surface area contributed by atoms with Gasteiger partial charge in [-0.3, -0.25) is 4.79 Å². The zero-order valence-corrected chi connectivity index (χ0v) is 8.82. The first-order valence-electron chi connectivity index (χ1n) is 4.43. The molecule has 2 heterocycles. The lowest BCUT2D eigenvalue weighted by Crippen LogP contribution is -2.01. The van der Waals surface area contributed by atoms with Crippen molar-refractivity contribution in [3.63, 3.8) is 0 Å². The van der Waals surface area contributed by atoms with Gasteiger partial charge in [0, 0.05) is 6.20 Å². The van der Waals surface area contributed by atoms with E-state index in [-0.39, 0.29) is 6.42 Å². The average molecular weight is 225 g/mol. The molecule has 1 N–H and O–H groups in total. The van der Waals surface area contributed by atoms with E-state index in [1.807, 2.05) is 13.1 Å². The fraction of sp³-hybridized carbons (Fsp3) is 0.200. The number of pyridine rings is 1.